The summed E-state index contributed by atoms with van der Waals surface area (Å²) in [5.74, 6) is 0. The predicted octanol–water partition coefficient (Wildman–Crippen LogP) is 8.24. The fourth-order valence-corrected chi connectivity index (χ4v) is 4.32. The van der Waals surface area contributed by atoms with E-state index in [0.29, 0.717) is 0 Å². The van der Waals surface area contributed by atoms with Crippen LogP contribution >= 0.6 is 0 Å². The van der Waals surface area contributed by atoms with Gasteiger partial charge in [0.05, 0.1) is 0 Å². The molecule has 30 heavy (non-hydrogen) atoms. The summed E-state index contributed by atoms with van der Waals surface area (Å²) in [5, 5.41) is 0. The molecule has 1 aromatic heterocycles. The van der Waals surface area contributed by atoms with E-state index in [2.05, 4.69) is 66.3 Å². The highest BCUT2D eigenvalue weighted by Gasteiger charge is 2.03. The van der Waals surface area contributed by atoms with Crippen molar-refractivity contribution in [2.45, 2.75) is 116 Å². The maximum absolute atomic E-state index is 2.38. The Bertz CT molecular complexity index is 634. The van der Waals surface area contributed by atoms with E-state index in [4.69, 9.17) is 0 Å². The summed E-state index contributed by atoms with van der Waals surface area (Å²) in [7, 11) is 0. The van der Waals surface area contributed by atoms with Crippen LogP contribution < -0.4 is 4.57 Å². The van der Waals surface area contributed by atoms with Crippen LogP contribution in [0.1, 0.15) is 108 Å². The third-order valence-electron chi connectivity index (χ3n) is 6.21. The van der Waals surface area contributed by atoms with Gasteiger partial charge in [-0.1, -0.05) is 114 Å². The molecule has 0 saturated heterocycles. The number of aryl methyl sites for hydroxylation is 3. The smallest absolute Gasteiger partial charge is 0.171 e. The van der Waals surface area contributed by atoms with Crippen LogP contribution in [-0.2, 0) is 19.4 Å². The number of nitrogens with zero attached hydrogens (tertiary/aromatic N) is 1. The summed E-state index contributed by atoms with van der Waals surface area (Å²) in [6.45, 7) is 3.41. The first kappa shape index (κ1) is 24.6. The molecule has 1 heterocycles. The van der Waals surface area contributed by atoms with E-state index >= 15 is 0 Å². The fraction of sp³-hybridized carbons (Fsp3) is 0.621. The number of hydrogen-bond donors (Lipinski definition) is 0. The van der Waals surface area contributed by atoms with Crippen molar-refractivity contribution in [2.24, 2.45) is 0 Å². The van der Waals surface area contributed by atoms with E-state index in [1.807, 2.05) is 0 Å². The maximum atomic E-state index is 2.38. The van der Waals surface area contributed by atoms with Crippen LogP contribution in [0.5, 0.6) is 0 Å². The first-order valence-electron chi connectivity index (χ1n) is 12.9. The third-order valence-corrected chi connectivity index (χ3v) is 6.21. The summed E-state index contributed by atoms with van der Waals surface area (Å²) in [4.78, 5) is 0. The minimum Gasteiger partial charge on any atom is -0.205 e. The Morgan fingerprint density at radius 2 is 1.07 bits per heavy atom. The lowest BCUT2D eigenvalue weighted by atomic mass is 10.0. The van der Waals surface area contributed by atoms with Gasteiger partial charge in [0, 0.05) is 18.1 Å². The van der Waals surface area contributed by atoms with Gasteiger partial charge >= 0.3 is 0 Å². The van der Waals surface area contributed by atoms with E-state index < -0.39 is 0 Å². The highest BCUT2D eigenvalue weighted by molar-refractivity contribution is 5.14. The summed E-state index contributed by atoms with van der Waals surface area (Å²) in [5.41, 5.74) is 2.95. The highest BCUT2D eigenvalue weighted by atomic mass is 14.9. The monoisotopic (exact) mass is 408 g/mol. The number of aromatic nitrogens is 1. The van der Waals surface area contributed by atoms with Gasteiger partial charge in [-0.05, 0) is 30.9 Å². The normalized spacial score (nSPS) is 11.1. The van der Waals surface area contributed by atoms with E-state index in [1.165, 1.54) is 107 Å². The average molecular weight is 409 g/mol. The SMILES string of the molecule is CCCCCCCCCCCCCCCc1ccc[n+](CCCc2ccccc2)c1. The Morgan fingerprint density at radius 3 is 1.70 bits per heavy atom. The highest BCUT2D eigenvalue weighted by Crippen LogP contribution is 2.13. The standard InChI is InChI=1S/C29H46N/c1-2-3-4-5-6-7-8-9-10-11-12-13-15-22-29-24-19-26-30(27-29)25-18-23-28-20-16-14-17-21-28/h14,16-17,19-21,24,26-27H,2-13,15,18,22-23,25H2,1H3/q+1. The molecule has 1 aromatic carbocycles. The molecule has 0 N–H and O–H groups in total. The van der Waals surface area contributed by atoms with Gasteiger partial charge in [-0.15, -0.1) is 0 Å². The van der Waals surface area contributed by atoms with Crippen molar-refractivity contribution in [1.29, 1.82) is 0 Å². The average Bonchev–Trinajstić information content (AvgIpc) is 2.78. The van der Waals surface area contributed by atoms with Crippen molar-refractivity contribution in [1.82, 2.24) is 0 Å². The van der Waals surface area contributed by atoms with Crippen LogP contribution in [-0.4, -0.2) is 0 Å². The molecule has 0 radical (unpaired) electrons. The summed E-state index contributed by atoms with van der Waals surface area (Å²) >= 11 is 0. The lowest BCUT2D eigenvalue weighted by Crippen LogP contribution is -2.33. The minimum absolute atomic E-state index is 1.11. The second-order valence-electron chi connectivity index (χ2n) is 9.03. The molecular weight excluding hydrogens is 362 g/mol. The van der Waals surface area contributed by atoms with E-state index in [-0.39, 0.29) is 0 Å². The molecular formula is C29H46N+. The molecule has 0 amide bonds. The molecule has 0 saturated carbocycles. The lowest BCUT2D eigenvalue weighted by Gasteiger charge is -2.04. The number of hydrogen-bond acceptors (Lipinski definition) is 0. The largest absolute Gasteiger partial charge is 0.205 e. The Kier molecular flexibility index (Phi) is 14.0. The summed E-state index contributed by atoms with van der Waals surface area (Å²) in [6, 6.07) is 15.4. The number of rotatable bonds is 18. The molecule has 0 unspecified atom stereocenters. The molecule has 0 aliphatic heterocycles. The molecule has 2 aromatic rings. The van der Waals surface area contributed by atoms with Gasteiger partial charge in [-0.2, -0.15) is 0 Å². The van der Waals surface area contributed by atoms with Gasteiger partial charge in [0.25, 0.3) is 0 Å². The number of benzene rings is 1. The van der Waals surface area contributed by atoms with Gasteiger partial charge in [-0.25, -0.2) is 4.57 Å². The summed E-state index contributed by atoms with van der Waals surface area (Å²) in [6.07, 6.45) is 26.7. The Hall–Kier alpha value is -1.63. The molecule has 1 nitrogen and oxygen atoms in total. The van der Waals surface area contributed by atoms with Crippen molar-refractivity contribution < 1.29 is 4.57 Å². The topological polar surface area (TPSA) is 3.88 Å². The molecule has 0 fully saturated rings. The molecule has 2 rings (SSSR count). The van der Waals surface area contributed by atoms with Gasteiger partial charge in [0.15, 0.2) is 12.4 Å². The van der Waals surface area contributed by atoms with Crippen molar-refractivity contribution in [3.63, 3.8) is 0 Å². The minimum atomic E-state index is 1.11. The zero-order chi connectivity index (χ0) is 21.1. The quantitative estimate of drug-likeness (QED) is 0.173. The van der Waals surface area contributed by atoms with Crippen LogP contribution in [0.2, 0.25) is 0 Å². The van der Waals surface area contributed by atoms with Crippen molar-refractivity contribution in [3.05, 3.63) is 66.0 Å². The van der Waals surface area contributed by atoms with Crippen LogP contribution in [0.4, 0.5) is 0 Å². The van der Waals surface area contributed by atoms with Crippen LogP contribution in [0.25, 0.3) is 0 Å². The molecule has 0 spiro atoms. The van der Waals surface area contributed by atoms with Gasteiger partial charge in [0.2, 0.25) is 0 Å². The lowest BCUT2D eigenvalue weighted by molar-refractivity contribution is -0.697. The molecule has 166 valence electrons. The van der Waals surface area contributed by atoms with Gasteiger partial charge in [-0.3, -0.25) is 0 Å². The molecule has 0 bridgehead atoms. The van der Waals surface area contributed by atoms with Crippen LogP contribution in [0, 0.1) is 0 Å². The number of pyridine rings is 1. The Morgan fingerprint density at radius 1 is 0.533 bits per heavy atom. The molecule has 1 heteroatoms. The zero-order valence-corrected chi connectivity index (χ0v) is 19.7. The fourth-order valence-electron chi connectivity index (χ4n) is 4.32. The number of unbranched alkanes of at least 4 members (excludes halogenated alkanes) is 12. The van der Waals surface area contributed by atoms with Gasteiger partial charge < -0.3 is 0 Å². The van der Waals surface area contributed by atoms with Crippen molar-refractivity contribution in [2.75, 3.05) is 0 Å². The first-order valence-corrected chi connectivity index (χ1v) is 12.9. The van der Waals surface area contributed by atoms with Crippen molar-refractivity contribution in [3.8, 4) is 0 Å². The molecule has 0 aliphatic carbocycles. The van der Waals surface area contributed by atoms with Crippen molar-refractivity contribution >= 4 is 0 Å². The van der Waals surface area contributed by atoms with E-state index in [9.17, 15) is 0 Å². The predicted molar refractivity (Wildman–Crippen MR) is 131 cm³/mol. The third kappa shape index (κ3) is 12.2. The molecule has 0 atom stereocenters. The van der Waals surface area contributed by atoms with Crippen LogP contribution in [0.3, 0.4) is 0 Å². The first-order chi connectivity index (χ1) is 14.9. The summed E-state index contributed by atoms with van der Waals surface area (Å²) < 4.78 is 2.38. The van der Waals surface area contributed by atoms with E-state index in [1.54, 1.807) is 0 Å². The second-order valence-corrected chi connectivity index (χ2v) is 9.03. The molecule has 0 aliphatic rings. The van der Waals surface area contributed by atoms with E-state index in [0.717, 1.165) is 13.0 Å². The maximum Gasteiger partial charge on any atom is 0.171 e. The Labute approximate surface area is 186 Å². The Balaban J connectivity index is 1.45. The zero-order valence-electron chi connectivity index (χ0n) is 19.7. The second kappa shape index (κ2) is 17.1. The van der Waals surface area contributed by atoms with Crippen LogP contribution in [0.15, 0.2) is 54.9 Å². The van der Waals surface area contributed by atoms with Gasteiger partial charge in [0.1, 0.15) is 6.54 Å².